The number of carboxylic acid groups (broad SMARTS) is 1. The Kier molecular flexibility index (Phi) is 4.19. The van der Waals surface area contributed by atoms with Gasteiger partial charge in [-0.05, 0) is 43.6 Å². The normalized spacial score (nSPS) is 18.6. The van der Waals surface area contributed by atoms with Crippen LogP contribution in [0.5, 0.6) is 0 Å². The van der Waals surface area contributed by atoms with Crippen LogP contribution in [0.15, 0.2) is 18.2 Å². The van der Waals surface area contributed by atoms with Crippen LogP contribution in [0.3, 0.4) is 0 Å². The molecule has 2 rings (SSSR count). The summed E-state index contributed by atoms with van der Waals surface area (Å²) in [6.45, 7) is 1.48. The van der Waals surface area contributed by atoms with Crippen LogP contribution in [0.1, 0.15) is 30.9 Å². The number of carbonyl (C=O) groups is 1. The summed E-state index contributed by atoms with van der Waals surface area (Å²) >= 11 is 5.96. The molecule has 0 aliphatic carbocycles. The maximum absolute atomic E-state index is 13.0. The molecule has 0 aromatic heterocycles. The minimum absolute atomic E-state index is 0.174. The Bertz CT molecular complexity index is 447. The molecule has 98 valence electrons. The maximum Gasteiger partial charge on any atom is 0.325 e. The van der Waals surface area contributed by atoms with E-state index in [2.05, 4.69) is 0 Å². The second-order valence-electron chi connectivity index (χ2n) is 4.50. The van der Waals surface area contributed by atoms with Crippen LogP contribution in [-0.4, -0.2) is 29.1 Å². The van der Waals surface area contributed by atoms with Crippen molar-refractivity contribution in [2.75, 3.05) is 13.1 Å². The fourth-order valence-corrected chi connectivity index (χ4v) is 2.66. The molecule has 1 unspecified atom stereocenters. The Morgan fingerprint density at radius 3 is 2.56 bits per heavy atom. The van der Waals surface area contributed by atoms with Gasteiger partial charge in [-0.25, -0.2) is 4.39 Å². The van der Waals surface area contributed by atoms with Crippen molar-refractivity contribution in [3.8, 4) is 0 Å². The quantitative estimate of drug-likeness (QED) is 0.918. The van der Waals surface area contributed by atoms with Gasteiger partial charge in [0, 0.05) is 5.02 Å². The van der Waals surface area contributed by atoms with Crippen molar-refractivity contribution in [2.24, 2.45) is 0 Å². The van der Waals surface area contributed by atoms with Crippen molar-refractivity contribution in [3.05, 3.63) is 34.6 Å². The van der Waals surface area contributed by atoms with Crippen molar-refractivity contribution in [1.29, 1.82) is 0 Å². The van der Waals surface area contributed by atoms with E-state index >= 15 is 0 Å². The number of rotatable bonds is 3. The molecule has 1 aromatic carbocycles. The van der Waals surface area contributed by atoms with Crippen LogP contribution in [0.2, 0.25) is 5.02 Å². The molecule has 0 spiro atoms. The third-order valence-corrected chi connectivity index (χ3v) is 3.57. The topological polar surface area (TPSA) is 40.5 Å². The summed E-state index contributed by atoms with van der Waals surface area (Å²) in [6, 6.07) is 3.10. The number of aliphatic carboxylic acids is 1. The maximum atomic E-state index is 13.0. The predicted octanol–water partition coefficient (Wildman–Crippen LogP) is 3.09. The Morgan fingerprint density at radius 1 is 1.33 bits per heavy atom. The van der Waals surface area contributed by atoms with Gasteiger partial charge >= 0.3 is 5.97 Å². The molecule has 1 atom stereocenters. The molecule has 0 amide bonds. The van der Waals surface area contributed by atoms with Gasteiger partial charge in [0.25, 0.3) is 0 Å². The van der Waals surface area contributed by atoms with Crippen LogP contribution in [-0.2, 0) is 4.79 Å². The molecule has 1 aliphatic rings. The molecule has 18 heavy (non-hydrogen) atoms. The van der Waals surface area contributed by atoms with E-state index in [0.717, 1.165) is 38.4 Å². The fraction of sp³-hybridized carbons (Fsp3) is 0.462. The number of nitrogens with zero attached hydrogens (tertiary/aromatic N) is 1. The highest BCUT2D eigenvalue weighted by Crippen LogP contribution is 2.30. The van der Waals surface area contributed by atoms with E-state index in [1.807, 2.05) is 4.90 Å². The van der Waals surface area contributed by atoms with Crippen LogP contribution < -0.4 is 0 Å². The lowest BCUT2D eigenvalue weighted by Crippen LogP contribution is -2.38. The Balaban J connectivity index is 2.31. The zero-order chi connectivity index (χ0) is 13.1. The lowest BCUT2D eigenvalue weighted by molar-refractivity contribution is -0.144. The first kappa shape index (κ1) is 13.3. The third kappa shape index (κ3) is 2.82. The SMILES string of the molecule is O=C(O)C(c1ccc(F)cc1Cl)N1CCCCC1. The van der Waals surface area contributed by atoms with E-state index in [-0.39, 0.29) is 5.02 Å². The highest BCUT2D eigenvalue weighted by molar-refractivity contribution is 6.31. The van der Waals surface area contributed by atoms with Crippen LogP contribution >= 0.6 is 11.6 Å². The van der Waals surface area contributed by atoms with Crippen molar-refractivity contribution in [3.63, 3.8) is 0 Å². The molecular formula is C13H15ClFNO2. The first-order chi connectivity index (χ1) is 8.59. The van der Waals surface area contributed by atoms with E-state index in [4.69, 9.17) is 11.6 Å². The molecular weight excluding hydrogens is 257 g/mol. The van der Waals surface area contributed by atoms with E-state index in [0.29, 0.717) is 5.56 Å². The van der Waals surface area contributed by atoms with E-state index in [1.165, 1.54) is 12.1 Å². The minimum atomic E-state index is -0.939. The predicted molar refractivity (Wildman–Crippen MR) is 67.2 cm³/mol. The van der Waals surface area contributed by atoms with Gasteiger partial charge in [0.1, 0.15) is 11.9 Å². The number of carboxylic acids is 1. The third-order valence-electron chi connectivity index (χ3n) is 3.25. The molecule has 0 bridgehead atoms. The number of halogens is 2. The van der Waals surface area contributed by atoms with Gasteiger partial charge in [0.2, 0.25) is 0 Å². The van der Waals surface area contributed by atoms with Crippen LogP contribution in [0.25, 0.3) is 0 Å². The molecule has 1 saturated heterocycles. The average molecular weight is 272 g/mol. The molecule has 1 heterocycles. The summed E-state index contributed by atoms with van der Waals surface area (Å²) in [7, 11) is 0. The summed E-state index contributed by atoms with van der Waals surface area (Å²) < 4.78 is 13.0. The fourth-order valence-electron chi connectivity index (χ4n) is 2.39. The second-order valence-corrected chi connectivity index (χ2v) is 4.91. The van der Waals surface area contributed by atoms with Gasteiger partial charge < -0.3 is 5.11 Å². The lowest BCUT2D eigenvalue weighted by Gasteiger charge is -2.32. The number of hydrogen-bond donors (Lipinski definition) is 1. The van der Waals surface area contributed by atoms with E-state index in [9.17, 15) is 14.3 Å². The number of piperidine rings is 1. The van der Waals surface area contributed by atoms with Gasteiger partial charge in [-0.3, -0.25) is 9.69 Å². The van der Waals surface area contributed by atoms with Gasteiger partial charge in [0.15, 0.2) is 0 Å². The summed E-state index contributed by atoms with van der Waals surface area (Å²) in [4.78, 5) is 13.3. The first-order valence-electron chi connectivity index (χ1n) is 6.01. The number of benzene rings is 1. The summed E-state index contributed by atoms with van der Waals surface area (Å²) in [5.74, 6) is -1.39. The Labute approximate surface area is 110 Å². The lowest BCUT2D eigenvalue weighted by atomic mass is 10.0. The summed E-state index contributed by atoms with van der Waals surface area (Å²) in [6.07, 6.45) is 3.10. The molecule has 0 radical (unpaired) electrons. The molecule has 1 aliphatic heterocycles. The summed E-state index contributed by atoms with van der Waals surface area (Å²) in [5, 5.41) is 9.55. The first-order valence-corrected chi connectivity index (χ1v) is 6.39. The molecule has 1 fully saturated rings. The average Bonchev–Trinajstić information content (AvgIpc) is 2.33. The standard InChI is InChI=1S/C13H15ClFNO2/c14-11-8-9(15)4-5-10(11)12(13(17)18)16-6-2-1-3-7-16/h4-5,8,12H,1-3,6-7H2,(H,17,18). The van der Waals surface area contributed by atoms with Crippen molar-refractivity contribution < 1.29 is 14.3 Å². The number of likely N-dealkylation sites (tertiary alicyclic amines) is 1. The molecule has 3 nitrogen and oxygen atoms in total. The van der Waals surface area contributed by atoms with Gasteiger partial charge in [-0.15, -0.1) is 0 Å². The van der Waals surface area contributed by atoms with Crippen molar-refractivity contribution in [1.82, 2.24) is 4.90 Å². The van der Waals surface area contributed by atoms with Crippen molar-refractivity contribution >= 4 is 17.6 Å². The largest absolute Gasteiger partial charge is 0.480 e. The van der Waals surface area contributed by atoms with E-state index < -0.39 is 17.8 Å². The van der Waals surface area contributed by atoms with Gasteiger partial charge in [-0.2, -0.15) is 0 Å². The highest BCUT2D eigenvalue weighted by atomic mass is 35.5. The zero-order valence-electron chi connectivity index (χ0n) is 9.90. The van der Waals surface area contributed by atoms with Crippen LogP contribution in [0, 0.1) is 5.82 Å². The second kappa shape index (κ2) is 5.67. The molecule has 0 saturated carbocycles. The van der Waals surface area contributed by atoms with E-state index in [1.54, 1.807) is 0 Å². The zero-order valence-corrected chi connectivity index (χ0v) is 10.7. The molecule has 5 heteroatoms. The highest BCUT2D eigenvalue weighted by Gasteiger charge is 2.30. The van der Waals surface area contributed by atoms with Gasteiger partial charge in [0.05, 0.1) is 0 Å². The molecule has 1 aromatic rings. The Morgan fingerprint density at radius 2 is 2.00 bits per heavy atom. The monoisotopic (exact) mass is 271 g/mol. The Hall–Kier alpha value is -1.13. The van der Waals surface area contributed by atoms with Gasteiger partial charge in [-0.1, -0.05) is 24.1 Å². The van der Waals surface area contributed by atoms with Crippen LogP contribution in [0.4, 0.5) is 4.39 Å². The summed E-state index contributed by atoms with van der Waals surface area (Å²) in [5.41, 5.74) is 0.465. The molecule has 1 N–H and O–H groups in total. The minimum Gasteiger partial charge on any atom is -0.480 e. The van der Waals surface area contributed by atoms with Crippen molar-refractivity contribution in [2.45, 2.75) is 25.3 Å². The number of hydrogen-bond acceptors (Lipinski definition) is 2. The smallest absolute Gasteiger partial charge is 0.325 e.